The molecule has 0 aliphatic carbocycles. The molecule has 5 heteroatoms. The molecule has 112 valence electrons. The maximum absolute atomic E-state index is 11.7. The maximum atomic E-state index is 11.7. The topological polar surface area (TPSA) is 73.6 Å². The number of hydrogen-bond donors (Lipinski definition) is 2. The average Bonchev–Trinajstić information content (AvgIpc) is 2.50. The molecule has 0 saturated heterocycles. The van der Waals surface area contributed by atoms with Crippen LogP contribution in [0.15, 0.2) is 24.3 Å². The molecule has 1 aromatic rings. The van der Waals surface area contributed by atoms with E-state index in [1.54, 1.807) is 7.11 Å². The number of ether oxygens (including phenoxy) is 2. The van der Waals surface area contributed by atoms with E-state index >= 15 is 0 Å². The zero-order chi connectivity index (χ0) is 15.0. The molecular formula is C15H24N2O3. The summed E-state index contributed by atoms with van der Waals surface area (Å²) in [5.74, 6) is 1.58. The Bertz CT molecular complexity index is 406. The van der Waals surface area contributed by atoms with E-state index in [-0.39, 0.29) is 11.8 Å². The van der Waals surface area contributed by atoms with Gasteiger partial charge in [0.25, 0.3) is 0 Å². The van der Waals surface area contributed by atoms with Crippen molar-refractivity contribution in [2.75, 3.05) is 20.3 Å². The van der Waals surface area contributed by atoms with Crippen LogP contribution in [0.4, 0.5) is 0 Å². The number of nitrogens with two attached hydrogens (primary N) is 1. The molecule has 1 aromatic carbocycles. The number of methoxy groups -OCH3 is 1. The number of nitrogens with one attached hydrogen (secondary N) is 1. The molecule has 0 spiro atoms. The Morgan fingerprint density at radius 3 is 2.45 bits per heavy atom. The second kappa shape index (κ2) is 8.43. The minimum Gasteiger partial charge on any atom is -0.497 e. The molecule has 0 fully saturated rings. The van der Waals surface area contributed by atoms with E-state index in [9.17, 15) is 4.79 Å². The third-order valence-corrected chi connectivity index (χ3v) is 3.29. The van der Waals surface area contributed by atoms with Crippen LogP contribution in [0.25, 0.3) is 0 Å². The summed E-state index contributed by atoms with van der Waals surface area (Å²) in [4.78, 5) is 11.7. The maximum Gasteiger partial charge on any atom is 0.237 e. The third kappa shape index (κ3) is 5.09. The van der Waals surface area contributed by atoms with Crippen molar-refractivity contribution in [1.29, 1.82) is 0 Å². The highest BCUT2D eigenvalue weighted by molar-refractivity contribution is 5.81. The summed E-state index contributed by atoms with van der Waals surface area (Å²) in [6.07, 6.45) is 0.886. The van der Waals surface area contributed by atoms with Crippen LogP contribution in [-0.2, 0) is 4.79 Å². The van der Waals surface area contributed by atoms with E-state index in [1.807, 2.05) is 38.1 Å². The molecule has 0 aliphatic rings. The highest BCUT2D eigenvalue weighted by atomic mass is 16.5. The first-order valence-corrected chi connectivity index (χ1v) is 6.88. The van der Waals surface area contributed by atoms with Crippen LogP contribution in [0.1, 0.15) is 20.3 Å². The van der Waals surface area contributed by atoms with Crippen molar-refractivity contribution in [3.05, 3.63) is 24.3 Å². The smallest absolute Gasteiger partial charge is 0.237 e. The Kier molecular flexibility index (Phi) is 6.87. The van der Waals surface area contributed by atoms with Gasteiger partial charge in [0.1, 0.15) is 18.1 Å². The molecule has 0 saturated carbocycles. The predicted octanol–water partition coefficient (Wildman–Crippen LogP) is 1.56. The molecule has 0 heterocycles. The lowest BCUT2D eigenvalue weighted by Crippen LogP contribution is -2.45. The largest absolute Gasteiger partial charge is 0.497 e. The van der Waals surface area contributed by atoms with Crippen molar-refractivity contribution >= 4 is 5.91 Å². The molecule has 1 rings (SSSR count). The number of hydrogen-bond acceptors (Lipinski definition) is 4. The summed E-state index contributed by atoms with van der Waals surface area (Å²) < 4.78 is 10.6. The Morgan fingerprint density at radius 2 is 1.90 bits per heavy atom. The molecule has 1 amide bonds. The summed E-state index contributed by atoms with van der Waals surface area (Å²) >= 11 is 0. The molecular weight excluding hydrogens is 256 g/mol. The molecule has 2 unspecified atom stereocenters. The van der Waals surface area contributed by atoms with Crippen LogP contribution in [-0.4, -0.2) is 32.2 Å². The highest BCUT2D eigenvalue weighted by Crippen LogP contribution is 2.16. The van der Waals surface area contributed by atoms with Crippen molar-refractivity contribution in [2.24, 2.45) is 11.7 Å². The molecule has 20 heavy (non-hydrogen) atoms. The second-order valence-corrected chi connectivity index (χ2v) is 4.73. The zero-order valence-corrected chi connectivity index (χ0v) is 12.4. The van der Waals surface area contributed by atoms with Gasteiger partial charge in [-0.25, -0.2) is 0 Å². The van der Waals surface area contributed by atoms with Crippen molar-refractivity contribution in [3.8, 4) is 11.5 Å². The Hall–Kier alpha value is -1.75. The van der Waals surface area contributed by atoms with Gasteiger partial charge in [-0.15, -0.1) is 0 Å². The van der Waals surface area contributed by atoms with Gasteiger partial charge in [0.05, 0.1) is 19.7 Å². The number of benzene rings is 1. The lowest BCUT2D eigenvalue weighted by molar-refractivity contribution is -0.123. The van der Waals surface area contributed by atoms with Crippen molar-refractivity contribution in [1.82, 2.24) is 5.32 Å². The van der Waals surface area contributed by atoms with Gasteiger partial charge in [-0.05, 0) is 30.2 Å². The SMILES string of the molecule is CCC(C)C(N)C(=O)NCCOc1ccc(OC)cc1. The standard InChI is InChI=1S/C15H24N2O3/c1-4-11(2)14(16)15(18)17-9-10-20-13-7-5-12(19-3)6-8-13/h5-8,11,14H,4,9-10,16H2,1-3H3,(H,17,18). The van der Waals surface area contributed by atoms with Gasteiger partial charge in [-0.2, -0.15) is 0 Å². The van der Waals surface area contributed by atoms with E-state index in [2.05, 4.69) is 5.32 Å². The number of rotatable bonds is 8. The summed E-state index contributed by atoms with van der Waals surface area (Å²) in [7, 11) is 1.62. The molecule has 2 atom stereocenters. The average molecular weight is 280 g/mol. The fourth-order valence-electron chi connectivity index (χ4n) is 1.65. The summed E-state index contributed by atoms with van der Waals surface area (Å²) in [6, 6.07) is 6.84. The van der Waals surface area contributed by atoms with Crippen molar-refractivity contribution in [2.45, 2.75) is 26.3 Å². The van der Waals surface area contributed by atoms with Gasteiger partial charge < -0.3 is 20.5 Å². The molecule has 0 radical (unpaired) electrons. The third-order valence-electron chi connectivity index (χ3n) is 3.29. The second-order valence-electron chi connectivity index (χ2n) is 4.73. The van der Waals surface area contributed by atoms with Gasteiger partial charge in [0.15, 0.2) is 0 Å². The van der Waals surface area contributed by atoms with Crippen molar-refractivity contribution in [3.63, 3.8) is 0 Å². The van der Waals surface area contributed by atoms with Crippen LogP contribution in [0.2, 0.25) is 0 Å². The lowest BCUT2D eigenvalue weighted by atomic mass is 9.99. The normalized spacial score (nSPS) is 13.4. The quantitative estimate of drug-likeness (QED) is 0.709. The lowest BCUT2D eigenvalue weighted by Gasteiger charge is -2.17. The van der Waals surface area contributed by atoms with E-state index in [1.165, 1.54) is 0 Å². The van der Waals surface area contributed by atoms with Crippen LogP contribution < -0.4 is 20.5 Å². The Morgan fingerprint density at radius 1 is 1.30 bits per heavy atom. The van der Waals surface area contributed by atoms with Gasteiger partial charge >= 0.3 is 0 Å². The summed E-state index contributed by atoms with van der Waals surface area (Å²) in [6.45, 7) is 4.84. The van der Waals surface area contributed by atoms with Gasteiger partial charge in [-0.3, -0.25) is 4.79 Å². The first-order chi connectivity index (χ1) is 9.58. The van der Waals surface area contributed by atoms with Gasteiger partial charge in [0.2, 0.25) is 5.91 Å². The van der Waals surface area contributed by atoms with Gasteiger partial charge in [0, 0.05) is 0 Å². The van der Waals surface area contributed by atoms with E-state index in [0.29, 0.717) is 13.2 Å². The first-order valence-electron chi connectivity index (χ1n) is 6.88. The molecule has 0 aliphatic heterocycles. The molecule has 5 nitrogen and oxygen atoms in total. The zero-order valence-electron chi connectivity index (χ0n) is 12.4. The van der Waals surface area contributed by atoms with Crippen molar-refractivity contribution < 1.29 is 14.3 Å². The summed E-state index contributed by atoms with van der Waals surface area (Å²) in [5, 5.41) is 2.78. The highest BCUT2D eigenvalue weighted by Gasteiger charge is 2.18. The van der Waals surface area contributed by atoms with Crippen LogP contribution in [0.5, 0.6) is 11.5 Å². The molecule has 3 N–H and O–H groups in total. The van der Waals surface area contributed by atoms with Gasteiger partial charge in [-0.1, -0.05) is 20.3 Å². The molecule has 0 aromatic heterocycles. The predicted molar refractivity (Wildman–Crippen MR) is 78.9 cm³/mol. The van der Waals surface area contributed by atoms with E-state index in [4.69, 9.17) is 15.2 Å². The van der Waals surface area contributed by atoms with Crippen LogP contribution >= 0.6 is 0 Å². The van der Waals surface area contributed by atoms with Crippen LogP contribution in [0.3, 0.4) is 0 Å². The van der Waals surface area contributed by atoms with E-state index in [0.717, 1.165) is 17.9 Å². The van der Waals surface area contributed by atoms with Crippen LogP contribution in [0, 0.1) is 5.92 Å². The Labute approximate surface area is 120 Å². The fraction of sp³-hybridized carbons (Fsp3) is 0.533. The fourth-order valence-corrected chi connectivity index (χ4v) is 1.65. The van der Waals surface area contributed by atoms with E-state index < -0.39 is 6.04 Å². The number of amides is 1. The number of carbonyl (C=O) groups is 1. The monoisotopic (exact) mass is 280 g/mol. The summed E-state index contributed by atoms with van der Waals surface area (Å²) in [5.41, 5.74) is 5.83. The minimum atomic E-state index is -0.457. The molecule has 0 bridgehead atoms. The number of carbonyl (C=O) groups excluding carboxylic acids is 1. The minimum absolute atomic E-state index is 0.127. The Balaban J connectivity index is 2.25. The first kappa shape index (κ1) is 16.3.